The molecule has 0 bridgehead atoms. The Morgan fingerprint density at radius 1 is 1.32 bits per heavy atom. The molecule has 98 valence electrons. The van der Waals surface area contributed by atoms with Gasteiger partial charge in [-0.15, -0.1) is 0 Å². The van der Waals surface area contributed by atoms with Gasteiger partial charge in [-0.25, -0.2) is 0 Å². The van der Waals surface area contributed by atoms with Gasteiger partial charge in [-0.1, -0.05) is 30.3 Å². The zero-order chi connectivity index (χ0) is 13.8. The van der Waals surface area contributed by atoms with Crippen molar-refractivity contribution in [2.24, 2.45) is 0 Å². The zero-order valence-corrected chi connectivity index (χ0v) is 10.3. The first-order valence-corrected chi connectivity index (χ1v) is 5.72. The van der Waals surface area contributed by atoms with Gasteiger partial charge in [0.15, 0.2) is 0 Å². The Kier molecular flexibility index (Phi) is 3.61. The topological polar surface area (TPSA) is 95.1 Å². The van der Waals surface area contributed by atoms with Crippen LogP contribution in [0.3, 0.4) is 0 Å². The number of nitrogens with one attached hydrogen (secondary N) is 2. The molecular weight excluding hydrogens is 246 g/mol. The largest absolute Gasteiger partial charge is 0.480 e. The fraction of sp³-hybridized carbons (Fsp3) is 0.154. The smallest absolute Gasteiger partial charge is 0.325 e. The van der Waals surface area contributed by atoms with Crippen molar-refractivity contribution < 1.29 is 14.7 Å². The van der Waals surface area contributed by atoms with Crippen LogP contribution in [0.2, 0.25) is 0 Å². The maximum absolute atomic E-state index is 12.0. The third kappa shape index (κ3) is 2.79. The maximum atomic E-state index is 12.0. The van der Waals surface area contributed by atoms with Crippen LogP contribution in [-0.4, -0.2) is 33.2 Å². The summed E-state index contributed by atoms with van der Waals surface area (Å²) in [7, 11) is 0. The summed E-state index contributed by atoms with van der Waals surface area (Å²) in [6, 6.07) is 8.28. The fourth-order valence-corrected chi connectivity index (χ4v) is 1.62. The van der Waals surface area contributed by atoms with Gasteiger partial charge in [0.2, 0.25) is 0 Å². The molecule has 1 amide bonds. The molecule has 1 heterocycles. The zero-order valence-electron chi connectivity index (χ0n) is 10.3. The molecule has 0 unspecified atom stereocenters. The summed E-state index contributed by atoms with van der Waals surface area (Å²) >= 11 is 0. The minimum absolute atomic E-state index is 0.319. The van der Waals surface area contributed by atoms with Crippen molar-refractivity contribution in [3.63, 3.8) is 0 Å². The van der Waals surface area contributed by atoms with Crippen LogP contribution in [0, 0.1) is 0 Å². The van der Waals surface area contributed by atoms with Gasteiger partial charge in [0.25, 0.3) is 5.91 Å². The van der Waals surface area contributed by atoms with Gasteiger partial charge in [0, 0.05) is 5.56 Å². The standard InChI is InChI=1S/C13H13N3O3/c1-8(13(18)19)15-12(17)10-7-14-16-11(10)9-5-3-2-4-6-9/h2-8H,1H3,(H,14,16)(H,15,17)(H,18,19)/t8-/m1/s1. The molecule has 6 heteroatoms. The van der Waals surface area contributed by atoms with E-state index >= 15 is 0 Å². The molecule has 0 fully saturated rings. The summed E-state index contributed by atoms with van der Waals surface area (Å²) in [5.74, 6) is -1.55. The van der Waals surface area contributed by atoms with Crippen LogP contribution >= 0.6 is 0 Å². The minimum Gasteiger partial charge on any atom is -0.480 e. The lowest BCUT2D eigenvalue weighted by molar-refractivity contribution is -0.138. The molecular formula is C13H13N3O3. The highest BCUT2D eigenvalue weighted by molar-refractivity contribution is 6.01. The molecule has 1 aromatic carbocycles. The average molecular weight is 259 g/mol. The number of hydrogen-bond donors (Lipinski definition) is 3. The molecule has 2 rings (SSSR count). The van der Waals surface area contributed by atoms with E-state index in [0.717, 1.165) is 5.56 Å². The van der Waals surface area contributed by atoms with Crippen molar-refractivity contribution in [2.45, 2.75) is 13.0 Å². The average Bonchev–Trinajstić information content (AvgIpc) is 2.88. The van der Waals surface area contributed by atoms with E-state index in [0.29, 0.717) is 11.3 Å². The van der Waals surface area contributed by atoms with Crippen LogP contribution in [0.1, 0.15) is 17.3 Å². The second-order valence-electron chi connectivity index (χ2n) is 4.06. The lowest BCUT2D eigenvalue weighted by atomic mass is 10.1. The SMILES string of the molecule is C[C@@H](NC(=O)c1cn[nH]c1-c1ccccc1)C(=O)O. The second-order valence-corrected chi connectivity index (χ2v) is 4.06. The first kappa shape index (κ1) is 12.8. The number of carbonyl (C=O) groups is 2. The van der Waals surface area contributed by atoms with E-state index in [1.165, 1.54) is 13.1 Å². The van der Waals surface area contributed by atoms with Gasteiger partial charge in [0.1, 0.15) is 6.04 Å². The van der Waals surface area contributed by atoms with Crippen molar-refractivity contribution in [1.82, 2.24) is 15.5 Å². The van der Waals surface area contributed by atoms with Gasteiger partial charge >= 0.3 is 5.97 Å². The Morgan fingerprint density at radius 3 is 2.63 bits per heavy atom. The van der Waals surface area contributed by atoms with Gasteiger partial charge in [0.05, 0.1) is 17.5 Å². The van der Waals surface area contributed by atoms with E-state index in [9.17, 15) is 9.59 Å². The number of hydrogen-bond acceptors (Lipinski definition) is 3. The molecule has 0 saturated heterocycles. The first-order valence-electron chi connectivity index (χ1n) is 5.72. The monoisotopic (exact) mass is 259 g/mol. The highest BCUT2D eigenvalue weighted by Crippen LogP contribution is 2.20. The van der Waals surface area contributed by atoms with E-state index in [1.807, 2.05) is 30.3 Å². The van der Waals surface area contributed by atoms with E-state index in [4.69, 9.17) is 5.11 Å². The number of carboxylic acid groups (broad SMARTS) is 1. The molecule has 0 radical (unpaired) electrons. The van der Waals surface area contributed by atoms with Crippen molar-refractivity contribution in [3.8, 4) is 11.3 Å². The van der Waals surface area contributed by atoms with E-state index in [1.54, 1.807) is 0 Å². The molecule has 1 atom stereocenters. The van der Waals surface area contributed by atoms with E-state index in [2.05, 4.69) is 15.5 Å². The van der Waals surface area contributed by atoms with Crippen molar-refractivity contribution >= 4 is 11.9 Å². The van der Waals surface area contributed by atoms with Crippen molar-refractivity contribution in [1.29, 1.82) is 0 Å². The van der Waals surface area contributed by atoms with Gasteiger partial charge < -0.3 is 10.4 Å². The van der Waals surface area contributed by atoms with Crippen molar-refractivity contribution in [2.75, 3.05) is 0 Å². The molecule has 0 aliphatic heterocycles. The highest BCUT2D eigenvalue weighted by atomic mass is 16.4. The predicted molar refractivity (Wildman–Crippen MR) is 68.6 cm³/mol. The summed E-state index contributed by atoms with van der Waals surface area (Å²) in [6.45, 7) is 1.41. The number of benzene rings is 1. The lowest BCUT2D eigenvalue weighted by Crippen LogP contribution is -2.38. The summed E-state index contributed by atoms with van der Waals surface area (Å²) in [4.78, 5) is 22.7. The summed E-state index contributed by atoms with van der Waals surface area (Å²) < 4.78 is 0. The van der Waals surface area contributed by atoms with Crippen molar-refractivity contribution in [3.05, 3.63) is 42.1 Å². The third-order valence-corrected chi connectivity index (χ3v) is 2.66. The number of carbonyl (C=O) groups excluding carboxylic acids is 1. The number of aliphatic carboxylic acids is 1. The quantitative estimate of drug-likeness (QED) is 0.770. The van der Waals surface area contributed by atoms with E-state index in [-0.39, 0.29) is 0 Å². The number of rotatable bonds is 4. The highest BCUT2D eigenvalue weighted by Gasteiger charge is 2.19. The Bertz CT molecular complexity index is 592. The number of H-pyrrole nitrogens is 1. The van der Waals surface area contributed by atoms with Crippen LogP contribution in [0.15, 0.2) is 36.5 Å². The number of nitrogens with zero attached hydrogens (tertiary/aromatic N) is 1. The molecule has 2 aromatic rings. The van der Waals surface area contributed by atoms with Crippen LogP contribution < -0.4 is 5.32 Å². The lowest BCUT2D eigenvalue weighted by Gasteiger charge is -2.09. The first-order chi connectivity index (χ1) is 9.09. The minimum atomic E-state index is -1.09. The number of aromatic amines is 1. The normalized spacial score (nSPS) is 11.8. The predicted octanol–water partition coefficient (Wildman–Crippen LogP) is 1.28. The summed E-state index contributed by atoms with van der Waals surface area (Å²) in [5.41, 5.74) is 1.70. The van der Waals surface area contributed by atoms with Crippen LogP contribution in [0.4, 0.5) is 0 Å². The molecule has 0 aliphatic carbocycles. The number of carboxylic acids is 1. The number of aromatic nitrogens is 2. The number of amides is 1. The molecule has 19 heavy (non-hydrogen) atoms. The van der Waals surface area contributed by atoms with Gasteiger partial charge in [-0.05, 0) is 6.92 Å². The Labute approximate surface area is 109 Å². The molecule has 6 nitrogen and oxygen atoms in total. The van der Waals surface area contributed by atoms with Crippen LogP contribution in [0.5, 0.6) is 0 Å². The summed E-state index contributed by atoms with van der Waals surface area (Å²) in [5, 5.41) is 17.8. The Hall–Kier alpha value is -2.63. The third-order valence-electron chi connectivity index (χ3n) is 2.66. The molecule has 0 saturated carbocycles. The van der Waals surface area contributed by atoms with Gasteiger partial charge in [-0.2, -0.15) is 5.10 Å². The van der Waals surface area contributed by atoms with Crippen LogP contribution in [-0.2, 0) is 4.79 Å². The second kappa shape index (κ2) is 5.34. The maximum Gasteiger partial charge on any atom is 0.325 e. The molecule has 0 aliphatic rings. The summed E-state index contributed by atoms with van der Waals surface area (Å²) in [6.07, 6.45) is 1.38. The van der Waals surface area contributed by atoms with E-state index < -0.39 is 17.9 Å². The Morgan fingerprint density at radius 2 is 2.00 bits per heavy atom. The Balaban J connectivity index is 2.25. The fourth-order valence-electron chi connectivity index (χ4n) is 1.62. The molecule has 3 N–H and O–H groups in total. The molecule has 1 aromatic heterocycles. The van der Waals surface area contributed by atoms with Crippen LogP contribution in [0.25, 0.3) is 11.3 Å². The molecule has 0 spiro atoms. The van der Waals surface area contributed by atoms with Gasteiger partial charge in [-0.3, -0.25) is 14.7 Å².